The van der Waals surface area contributed by atoms with E-state index in [4.69, 9.17) is 19.9 Å². The molecule has 1 aliphatic heterocycles. The van der Waals surface area contributed by atoms with E-state index < -0.39 is 0 Å². The van der Waals surface area contributed by atoms with Crippen LogP contribution in [-0.2, 0) is 17.1 Å². The van der Waals surface area contributed by atoms with Gasteiger partial charge in [0, 0.05) is 143 Å². The van der Waals surface area contributed by atoms with Crippen molar-refractivity contribution >= 4 is 0 Å². The summed E-state index contributed by atoms with van der Waals surface area (Å²) >= 11 is 0. The number of aromatic nitrogens is 6. The average molecular weight is 765 g/mol. The monoisotopic (exact) mass is 764 g/mol. The summed E-state index contributed by atoms with van der Waals surface area (Å²) in [7, 11) is 0. The molecule has 0 saturated carbocycles. The molecule has 270 valence electrons. The molecule has 8 bridgehead atoms. The molecule has 0 unspecified atom stereocenters. The number of benzene rings is 4. The summed E-state index contributed by atoms with van der Waals surface area (Å²) in [5.41, 5.74) is 13.3. The van der Waals surface area contributed by atoms with Crippen LogP contribution in [0.3, 0.4) is 0 Å². The molecule has 7 heteroatoms. The Bertz CT molecular complexity index is 2180. The third-order valence-electron chi connectivity index (χ3n) is 9.69. The second-order valence-corrected chi connectivity index (χ2v) is 13.5. The normalized spacial score (nSPS) is 12.2. The summed E-state index contributed by atoms with van der Waals surface area (Å²) in [6, 6.07) is 60.4. The topological polar surface area (TPSA) is 85.1 Å². The number of hydrogen-bond acceptors (Lipinski definition) is 1. The molecule has 4 aromatic carbocycles. The van der Waals surface area contributed by atoms with Crippen molar-refractivity contribution in [2.24, 2.45) is 0 Å². The molecule has 56 heavy (non-hydrogen) atoms. The third kappa shape index (κ3) is 7.21. The van der Waals surface area contributed by atoms with E-state index in [1.54, 1.807) is 0 Å². The van der Waals surface area contributed by atoms with Gasteiger partial charge in [-0.2, -0.15) is 5.10 Å². The smallest absolute Gasteiger partial charge is 0.0768 e. The first kappa shape index (κ1) is 36.2. The number of rotatable bonds is 4. The van der Waals surface area contributed by atoms with E-state index in [9.17, 15) is 0 Å². The second-order valence-electron chi connectivity index (χ2n) is 13.5. The maximum absolute atomic E-state index is 5.31. The van der Waals surface area contributed by atoms with Gasteiger partial charge >= 0.3 is 0 Å². The molecule has 10 rings (SSSR count). The molecule has 5 aromatic heterocycles. The Morgan fingerprint density at radius 1 is 0.357 bits per heavy atom. The molecular weight excluding hydrogens is 728 g/mol. The summed E-state index contributed by atoms with van der Waals surface area (Å²) in [6.07, 6.45) is 0. The van der Waals surface area contributed by atoms with Crippen LogP contribution in [0.15, 0.2) is 176 Å². The fraction of sp³-hybridized carbons (Fsp3) is 0.0408. The average Bonchev–Trinajstić information content (AvgIpc) is 4.09. The molecule has 0 radical (unpaired) electrons. The summed E-state index contributed by atoms with van der Waals surface area (Å²) in [5, 5.41) is 6.71. The SMILES string of the molecule is Cc1cc(C)[nH]n1.[Fe].c1ccc([C+]2c3ccc([n-]3)[C+](c3ccccc3)c3ccc([n-]3)[C+](c3ccccc3)c3ccc([n-]3)[C+](c3ccccc3)c3ccc2[n-]3)cc1. The predicted octanol–water partition coefficient (Wildman–Crippen LogP) is 8.93. The van der Waals surface area contributed by atoms with Crippen molar-refractivity contribution in [1.82, 2.24) is 30.1 Å². The van der Waals surface area contributed by atoms with Crippen molar-refractivity contribution in [3.63, 3.8) is 0 Å². The molecular formula is C49H36FeN6. The Kier molecular flexibility index (Phi) is 10.3. The van der Waals surface area contributed by atoms with Crippen LogP contribution in [0.25, 0.3) is 0 Å². The Labute approximate surface area is 338 Å². The molecule has 0 saturated heterocycles. The number of aryl methyl sites for hydroxylation is 2. The first-order chi connectivity index (χ1) is 27.1. The Balaban J connectivity index is 0.000000500. The van der Waals surface area contributed by atoms with Gasteiger partial charge in [-0.05, 0) is 138 Å². The minimum absolute atomic E-state index is 0. The fourth-order valence-corrected chi connectivity index (χ4v) is 7.24. The van der Waals surface area contributed by atoms with Crippen LogP contribution in [0.1, 0.15) is 79.2 Å². The van der Waals surface area contributed by atoms with Crippen molar-refractivity contribution in [3.8, 4) is 0 Å². The van der Waals surface area contributed by atoms with Gasteiger partial charge in [0.2, 0.25) is 0 Å². The van der Waals surface area contributed by atoms with Crippen molar-refractivity contribution in [3.05, 3.63) is 279 Å². The molecule has 0 aliphatic carbocycles. The zero-order chi connectivity index (χ0) is 37.1. The summed E-state index contributed by atoms with van der Waals surface area (Å²) in [6.45, 7) is 3.95. The summed E-state index contributed by atoms with van der Waals surface area (Å²) in [4.78, 5) is 21.2. The zero-order valence-corrected chi connectivity index (χ0v) is 31.9. The van der Waals surface area contributed by atoms with Crippen LogP contribution in [0.5, 0.6) is 0 Å². The van der Waals surface area contributed by atoms with Gasteiger partial charge in [-0.3, -0.25) is 5.10 Å². The van der Waals surface area contributed by atoms with E-state index in [-0.39, 0.29) is 17.1 Å². The predicted molar refractivity (Wildman–Crippen MR) is 215 cm³/mol. The molecule has 0 spiro atoms. The van der Waals surface area contributed by atoms with Gasteiger partial charge in [-0.1, -0.05) is 0 Å². The third-order valence-corrected chi connectivity index (χ3v) is 9.69. The van der Waals surface area contributed by atoms with Crippen LogP contribution in [0.2, 0.25) is 0 Å². The molecule has 1 N–H and O–H groups in total. The maximum atomic E-state index is 5.31. The maximum Gasteiger partial charge on any atom is 0.0768 e. The van der Waals surface area contributed by atoms with Gasteiger partial charge < -0.3 is 19.9 Å². The van der Waals surface area contributed by atoms with Crippen LogP contribution in [0, 0.1) is 37.5 Å². The van der Waals surface area contributed by atoms with E-state index in [1.165, 1.54) is 0 Å². The molecule has 6 nitrogen and oxygen atoms in total. The largest absolute Gasteiger partial charge is 0.628 e. The van der Waals surface area contributed by atoms with Gasteiger partial charge in [-0.15, -0.1) is 0 Å². The van der Waals surface area contributed by atoms with E-state index in [0.29, 0.717) is 0 Å². The van der Waals surface area contributed by atoms with Gasteiger partial charge in [0.25, 0.3) is 0 Å². The van der Waals surface area contributed by atoms with Gasteiger partial charge in [-0.25, -0.2) is 0 Å². The van der Waals surface area contributed by atoms with Crippen LogP contribution < -0.4 is 19.9 Å². The molecule has 0 atom stereocenters. The quantitative estimate of drug-likeness (QED) is 0.143. The van der Waals surface area contributed by atoms with E-state index >= 15 is 0 Å². The minimum Gasteiger partial charge on any atom is -0.628 e. The Morgan fingerprint density at radius 2 is 0.589 bits per heavy atom. The van der Waals surface area contributed by atoms with Crippen molar-refractivity contribution in [1.29, 1.82) is 0 Å². The van der Waals surface area contributed by atoms with Gasteiger partial charge in [0.1, 0.15) is 0 Å². The van der Waals surface area contributed by atoms with Crippen LogP contribution >= 0.6 is 0 Å². The van der Waals surface area contributed by atoms with Gasteiger partial charge in [0.15, 0.2) is 0 Å². The second kappa shape index (κ2) is 15.9. The molecule has 0 amide bonds. The summed E-state index contributed by atoms with van der Waals surface area (Å²) < 4.78 is 0. The molecule has 9 aromatic rings. The summed E-state index contributed by atoms with van der Waals surface area (Å²) in [5.74, 6) is 3.91. The van der Waals surface area contributed by atoms with Crippen molar-refractivity contribution < 1.29 is 17.1 Å². The first-order valence-electron chi connectivity index (χ1n) is 18.3. The standard InChI is InChI=1S/C44H28N4.C5H8N2.Fe/c1-5-13-29(14-6-1)41-33-21-23-35(45-33)42(30-15-7-2-8-16-30)37-25-27-39(47-37)44(32-19-11-4-12-20-32)40-28-26-38(48-40)43(31-17-9-3-10-18-31)36-24-22-34(41)46-36;1-4-3-5(2)7-6-4;/h1-28H;3H,1-2H3,(H,6,7);. The van der Waals surface area contributed by atoms with Gasteiger partial charge in [0.05, 0.1) is 27.9 Å². The number of fused-ring (bicyclic) bond motifs is 8. The number of nitrogens with zero attached hydrogens (tertiary/aromatic N) is 5. The Morgan fingerprint density at radius 3 is 0.750 bits per heavy atom. The zero-order valence-electron chi connectivity index (χ0n) is 30.8. The molecule has 0 fully saturated rings. The fourth-order valence-electron chi connectivity index (χ4n) is 7.24. The Hall–Kier alpha value is -6.79. The number of hydrogen-bond donors (Lipinski definition) is 1. The van der Waals surface area contributed by atoms with E-state index in [1.807, 2.05) is 44.2 Å². The van der Waals surface area contributed by atoms with Crippen LogP contribution in [0.4, 0.5) is 0 Å². The van der Waals surface area contributed by atoms with E-state index in [2.05, 4.69) is 156 Å². The van der Waals surface area contributed by atoms with E-state index in [0.717, 1.165) is 103 Å². The molecule has 1 aliphatic rings. The number of nitrogens with one attached hydrogen (secondary N) is 1. The minimum atomic E-state index is 0. The first-order valence-corrected chi connectivity index (χ1v) is 18.3. The van der Waals surface area contributed by atoms with Crippen molar-refractivity contribution in [2.45, 2.75) is 13.8 Å². The molecule has 6 heterocycles. The number of H-pyrrole nitrogens is 1. The van der Waals surface area contributed by atoms with Crippen molar-refractivity contribution in [2.75, 3.05) is 0 Å². The van der Waals surface area contributed by atoms with Crippen LogP contribution in [-0.4, -0.2) is 10.2 Å². The number of aromatic amines is 1.